The lowest BCUT2D eigenvalue weighted by Crippen LogP contribution is -2.32. The monoisotopic (exact) mass is 480 g/mol. The molecule has 2 heterocycles. The number of rotatable bonds is 6. The summed E-state index contributed by atoms with van der Waals surface area (Å²) in [6.07, 6.45) is 3.71. The van der Waals surface area contributed by atoms with Crippen LogP contribution in [-0.4, -0.2) is 48.7 Å². The van der Waals surface area contributed by atoms with E-state index < -0.39 is 0 Å². The van der Waals surface area contributed by atoms with Gasteiger partial charge in [0.25, 0.3) is 0 Å². The van der Waals surface area contributed by atoms with E-state index in [1.54, 1.807) is 19.2 Å². The summed E-state index contributed by atoms with van der Waals surface area (Å²) in [5.41, 5.74) is 1.03. The van der Waals surface area contributed by atoms with Gasteiger partial charge >= 0.3 is 0 Å². The van der Waals surface area contributed by atoms with Gasteiger partial charge in [0.1, 0.15) is 18.0 Å². The molecule has 0 bridgehead atoms. The molecule has 0 spiro atoms. The lowest BCUT2D eigenvalue weighted by Gasteiger charge is -2.28. The lowest BCUT2D eigenvalue weighted by molar-refractivity contribution is 0.157. The zero-order valence-electron chi connectivity index (χ0n) is 17.0. The van der Waals surface area contributed by atoms with Crippen LogP contribution < -0.4 is 14.8 Å². The Labute approximate surface area is 183 Å². The van der Waals surface area contributed by atoms with E-state index in [-0.39, 0.29) is 5.82 Å². The highest BCUT2D eigenvalue weighted by molar-refractivity contribution is 9.10. The summed E-state index contributed by atoms with van der Waals surface area (Å²) in [4.78, 5) is 11.0. The molecule has 0 unspecified atom stereocenters. The van der Waals surface area contributed by atoms with E-state index in [4.69, 9.17) is 9.47 Å². The Morgan fingerprint density at radius 2 is 1.97 bits per heavy atom. The molecule has 0 radical (unpaired) electrons. The van der Waals surface area contributed by atoms with Crippen molar-refractivity contribution in [2.45, 2.75) is 12.8 Å². The van der Waals surface area contributed by atoms with Crippen LogP contribution in [0, 0.1) is 11.7 Å². The fourth-order valence-corrected chi connectivity index (χ4v) is 3.92. The fourth-order valence-electron chi connectivity index (χ4n) is 3.59. The first kappa shape index (κ1) is 20.8. The van der Waals surface area contributed by atoms with Crippen molar-refractivity contribution < 1.29 is 13.9 Å². The SMILES string of the molecule is COc1cc2c(N[13c]3[13cH][13cH][13c](Br)[13cH][13c]3F)ncnc2cc1OCC1CCN(C)CC1. The third-order valence-electron chi connectivity index (χ3n) is 5.42. The summed E-state index contributed by atoms with van der Waals surface area (Å²) in [5.74, 6) is 1.92. The van der Waals surface area contributed by atoms with Crippen LogP contribution >= 0.6 is 15.9 Å². The van der Waals surface area contributed by atoms with Crippen LogP contribution in [0.1, 0.15) is 12.8 Å². The molecule has 1 N–H and O–H groups in total. The van der Waals surface area contributed by atoms with E-state index in [0.717, 1.165) is 31.3 Å². The molecule has 8 heteroatoms. The molecule has 30 heavy (non-hydrogen) atoms. The Balaban J connectivity index is 1.58. The highest BCUT2D eigenvalue weighted by atomic mass is 79.9. The summed E-state index contributed by atoms with van der Waals surface area (Å²) in [6.45, 7) is 2.84. The Hall–Kier alpha value is -2.45. The topological polar surface area (TPSA) is 59.5 Å². The predicted molar refractivity (Wildman–Crippen MR) is 119 cm³/mol. The van der Waals surface area contributed by atoms with Gasteiger partial charge in [0.15, 0.2) is 11.5 Å². The number of methoxy groups -OCH3 is 1. The Morgan fingerprint density at radius 3 is 2.70 bits per heavy atom. The molecule has 0 aliphatic carbocycles. The normalized spacial score (nSPS) is 15.3. The smallest absolute Gasteiger partial charge is 0.163 e. The van der Waals surface area contributed by atoms with Gasteiger partial charge in [0.05, 0.1) is 24.9 Å². The number of benzene rings is 2. The maximum Gasteiger partial charge on any atom is 0.163 e. The third-order valence-corrected chi connectivity index (χ3v) is 5.91. The first-order valence-electron chi connectivity index (χ1n) is 9.89. The summed E-state index contributed by atoms with van der Waals surface area (Å²) < 4.78 is 26.6. The van der Waals surface area contributed by atoms with Gasteiger partial charge in [-0.3, -0.25) is 0 Å². The van der Waals surface area contributed by atoms with Gasteiger partial charge in [-0.2, -0.15) is 0 Å². The van der Waals surface area contributed by atoms with Crippen LogP contribution in [0.5, 0.6) is 11.5 Å². The summed E-state index contributed by atoms with van der Waals surface area (Å²) >= 11 is 3.27. The second-order valence-electron chi connectivity index (χ2n) is 7.55. The van der Waals surface area contributed by atoms with Crippen molar-refractivity contribution in [3.63, 3.8) is 0 Å². The number of hydrogen-bond donors (Lipinski definition) is 1. The van der Waals surface area contributed by atoms with Gasteiger partial charge in [-0.05, 0) is 63.2 Å². The highest BCUT2D eigenvalue weighted by Crippen LogP contribution is 2.35. The first-order chi connectivity index (χ1) is 14.5. The van der Waals surface area contributed by atoms with Gasteiger partial charge in [-0.15, -0.1) is 0 Å². The summed E-state index contributed by atoms with van der Waals surface area (Å²) in [5, 5.41) is 3.78. The predicted octanol–water partition coefficient (Wildman–Crippen LogP) is 5.00. The number of hydrogen-bond acceptors (Lipinski definition) is 6. The van der Waals surface area contributed by atoms with Crippen LogP contribution in [0.25, 0.3) is 10.9 Å². The van der Waals surface area contributed by atoms with Crippen molar-refractivity contribution in [1.29, 1.82) is 0 Å². The minimum absolute atomic E-state index is 0.333. The molecular weight excluding hydrogens is 457 g/mol. The first-order valence-corrected chi connectivity index (χ1v) is 10.7. The minimum Gasteiger partial charge on any atom is -0.493 e. The lowest BCUT2D eigenvalue weighted by atomic mass is 9.98. The van der Waals surface area contributed by atoms with E-state index in [2.05, 4.69) is 43.2 Å². The van der Waals surface area contributed by atoms with E-state index >= 15 is 0 Å². The van der Waals surface area contributed by atoms with Crippen molar-refractivity contribution in [3.8, 4) is 11.5 Å². The number of halogens is 2. The molecule has 1 aromatic heterocycles. The Bertz CT molecular complexity index is 1040. The van der Waals surface area contributed by atoms with E-state index in [1.807, 2.05) is 12.1 Å². The molecule has 3 aromatic rings. The number of fused-ring (bicyclic) bond motifs is 1. The fraction of sp³-hybridized carbons (Fsp3) is 0.364. The largest absolute Gasteiger partial charge is 0.493 e. The molecule has 0 atom stereocenters. The van der Waals surface area contributed by atoms with E-state index in [1.165, 1.54) is 12.4 Å². The van der Waals surface area contributed by atoms with Gasteiger partial charge in [0.2, 0.25) is 0 Å². The number of aromatic nitrogens is 2. The number of ether oxygens (including phenoxy) is 2. The van der Waals surface area contributed by atoms with Crippen LogP contribution in [0.4, 0.5) is 15.9 Å². The summed E-state index contributed by atoms with van der Waals surface area (Å²) in [7, 11) is 3.75. The molecule has 0 saturated carbocycles. The van der Waals surface area contributed by atoms with Gasteiger partial charge in [-0.1, -0.05) is 15.9 Å². The Morgan fingerprint density at radius 1 is 1.17 bits per heavy atom. The molecule has 1 saturated heterocycles. The standard InChI is InChI=1S/C22H24BrFN4O2/c1-28-7-5-14(6-8-28)12-30-21-11-19-16(10-20(21)29-2)22(26-13-25-19)27-18-4-3-15(23)9-17(18)24/h3-4,9-11,13-14H,5-8,12H2,1-2H3,(H,25,26,27)/i3+1,4+1,9+1,15+1,17+1,18+1. The third kappa shape index (κ3) is 4.65. The maximum atomic E-state index is 14.3. The van der Waals surface area contributed by atoms with Gasteiger partial charge < -0.3 is 19.7 Å². The zero-order chi connectivity index (χ0) is 21.1. The van der Waals surface area contributed by atoms with Crippen molar-refractivity contribution in [2.75, 3.05) is 39.2 Å². The molecular formula is C22H24BrFN4O2. The number of nitrogens with one attached hydrogen (secondary N) is 1. The average molecular weight is 481 g/mol. The molecule has 4 rings (SSSR count). The van der Waals surface area contributed by atoms with E-state index in [9.17, 15) is 4.39 Å². The Kier molecular flexibility index (Phi) is 6.34. The second kappa shape index (κ2) is 9.14. The van der Waals surface area contributed by atoms with Gasteiger partial charge in [0, 0.05) is 15.9 Å². The van der Waals surface area contributed by atoms with Crippen LogP contribution in [0.15, 0.2) is 41.1 Å². The molecule has 1 fully saturated rings. The van der Waals surface area contributed by atoms with Crippen molar-refractivity contribution in [2.24, 2.45) is 5.92 Å². The molecule has 2 aromatic carbocycles. The van der Waals surface area contributed by atoms with Crippen molar-refractivity contribution in [3.05, 3.63) is 46.9 Å². The van der Waals surface area contributed by atoms with Gasteiger partial charge in [-0.25, -0.2) is 14.4 Å². The van der Waals surface area contributed by atoms with Crippen LogP contribution in [0.2, 0.25) is 0 Å². The molecule has 6 nitrogen and oxygen atoms in total. The maximum absolute atomic E-state index is 14.3. The van der Waals surface area contributed by atoms with Crippen LogP contribution in [0.3, 0.4) is 0 Å². The zero-order valence-corrected chi connectivity index (χ0v) is 18.6. The molecule has 1 aliphatic rings. The van der Waals surface area contributed by atoms with Crippen molar-refractivity contribution in [1.82, 2.24) is 14.9 Å². The van der Waals surface area contributed by atoms with Crippen LogP contribution in [-0.2, 0) is 0 Å². The molecule has 158 valence electrons. The molecule has 0 amide bonds. The number of nitrogens with zero attached hydrogens (tertiary/aromatic N) is 3. The number of anilines is 2. The molecule has 1 aliphatic heterocycles. The average Bonchev–Trinajstić information content (AvgIpc) is 2.75. The van der Waals surface area contributed by atoms with Crippen molar-refractivity contribution >= 4 is 38.3 Å². The highest BCUT2D eigenvalue weighted by Gasteiger charge is 2.19. The number of likely N-dealkylation sites (tertiary alicyclic amines) is 1. The van der Waals surface area contributed by atoms with E-state index in [0.29, 0.717) is 45.5 Å². The second-order valence-corrected chi connectivity index (χ2v) is 8.46. The quantitative estimate of drug-likeness (QED) is 0.535. The minimum atomic E-state index is -0.374. The summed E-state index contributed by atoms with van der Waals surface area (Å²) in [6, 6.07) is 8.52. The number of piperidine rings is 1.